The second-order valence-electron chi connectivity index (χ2n) is 4.65. The molecule has 0 amide bonds. The molecular weight excluding hydrogens is 228 g/mol. The minimum atomic E-state index is 0.400. The predicted octanol–water partition coefficient (Wildman–Crippen LogP) is 1.83. The molecule has 0 aromatic carbocycles. The average molecular weight is 250 g/mol. The Hall–Kier alpha value is -1.36. The van der Waals surface area contributed by atoms with Gasteiger partial charge in [0.15, 0.2) is 0 Å². The van der Waals surface area contributed by atoms with E-state index in [4.69, 9.17) is 4.74 Å². The van der Waals surface area contributed by atoms with Crippen molar-refractivity contribution < 1.29 is 4.74 Å². The van der Waals surface area contributed by atoms with Crippen LogP contribution >= 0.6 is 0 Å². The van der Waals surface area contributed by atoms with E-state index in [0.29, 0.717) is 12.1 Å². The maximum atomic E-state index is 5.40. The van der Waals surface area contributed by atoms with Gasteiger partial charge in [-0.1, -0.05) is 0 Å². The fraction of sp³-hybridized carbons (Fsp3) is 0.692. The number of aryl methyl sites for hydroxylation is 1. The lowest BCUT2D eigenvalue weighted by Gasteiger charge is -2.32. The highest BCUT2D eigenvalue weighted by Gasteiger charge is 2.21. The molecule has 1 aliphatic rings. The first kappa shape index (κ1) is 13.1. The molecule has 0 unspecified atom stereocenters. The number of hydrogen-bond donors (Lipinski definition) is 1. The average Bonchev–Trinajstić information content (AvgIpc) is 2.41. The molecule has 0 aliphatic carbocycles. The number of aromatic nitrogens is 2. The molecule has 2 rings (SSSR count). The van der Waals surface area contributed by atoms with Crippen LogP contribution < -0.4 is 10.2 Å². The third-order valence-electron chi connectivity index (χ3n) is 3.35. The van der Waals surface area contributed by atoms with Gasteiger partial charge in [-0.15, -0.1) is 0 Å². The van der Waals surface area contributed by atoms with Gasteiger partial charge in [-0.05, 0) is 26.7 Å². The predicted molar refractivity (Wildman–Crippen MR) is 73.2 cm³/mol. The summed E-state index contributed by atoms with van der Waals surface area (Å²) in [7, 11) is 1.79. The molecule has 1 saturated heterocycles. The molecule has 0 atom stereocenters. The van der Waals surface area contributed by atoms with Crippen LogP contribution in [-0.2, 0) is 4.74 Å². The van der Waals surface area contributed by atoms with Crippen molar-refractivity contribution in [1.29, 1.82) is 0 Å². The summed E-state index contributed by atoms with van der Waals surface area (Å²) < 4.78 is 5.40. The molecule has 0 bridgehead atoms. The third kappa shape index (κ3) is 2.90. The lowest BCUT2D eigenvalue weighted by molar-refractivity contribution is 0.0818. The van der Waals surface area contributed by atoms with Crippen LogP contribution in [0.5, 0.6) is 0 Å². The number of nitrogens with zero attached hydrogens (tertiary/aromatic N) is 3. The maximum absolute atomic E-state index is 5.40. The molecule has 2 heterocycles. The minimum absolute atomic E-state index is 0.400. The first-order valence-electron chi connectivity index (χ1n) is 6.59. The van der Waals surface area contributed by atoms with Crippen molar-refractivity contribution in [2.45, 2.75) is 32.8 Å². The van der Waals surface area contributed by atoms with Crippen LogP contribution in [-0.4, -0.2) is 42.8 Å². The van der Waals surface area contributed by atoms with Crippen molar-refractivity contribution in [2.24, 2.45) is 0 Å². The highest BCUT2D eigenvalue weighted by Crippen LogP contribution is 2.23. The zero-order valence-corrected chi connectivity index (χ0v) is 11.4. The summed E-state index contributed by atoms with van der Waals surface area (Å²) >= 11 is 0. The monoisotopic (exact) mass is 250 g/mol. The Labute approximate surface area is 109 Å². The first-order chi connectivity index (χ1) is 8.74. The summed E-state index contributed by atoms with van der Waals surface area (Å²) in [6, 6.07) is 0. The van der Waals surface area contributed by atoms with Gasteiger partial charge < -0.3 is 15.0 Å². The van der Waals surface area contributed by atoms with E-state index < -0.39 is 0 Å². The summed E-state index contributed by atoms with van der Waals surface area (Å²) in [6.07, 6.45) is 4.42. The fourth-order valence-electron chi connectivity index (χ4n) is 2.30. The normalized spacial score (nSPS) is 16.9. The molecule has 100 valence electrons. The molecule has 1 aliphatic heterocycles. The molecule has 0 spiro atoms. The Bertz CT molecular complexity index is 389. The van der Waals surface area contributed by atoms with Gasteiger partial charge in [0.25, 0.3) is 0 Å². The standard InChI is InChI=1S/C13H22N4O/c1-4-14-13-15-9-10(2)12(16-13)17-7-5-11(18-3)6-8-17/h9,11H,4-8H2,1-3H3,(H,14,15,16). The molecule has 1 aromatic heterocycles. The second kappa shape index (κ2) is 6.00. The van der Waals surface area contributed by atoms with Crippen molar-refractivity contribution in [1.82, 2.24) is 9.97 Å². The van der Waals surface area contributed by atoms with Crippen molar-refractivity contribution in [3.8, 4) is 0 Å². The van der Waals surface area contributed by atoms with Crippen LogP contribution in [0.3, 0.4) is 0 Å². The minimum Gasteiger partial charge on any atom is -0.381 e. The number of nitrogens with one attached hydrogen (secondary N) is 1. The largest absolute Gasteiger partial charge is 0.381 e. The molecular formula is C13H22N4O. The summed E-state index contributed by atoms with van der Waals surface area (Å²) in [5.41, 5.74) is 1.13. The van der Waals surface area contributed by atoms with Gasteiger partial charge in [-0.2, -0.15) is 4.98 Å². The van der Waals surface area contributed by atoms with E-state index in [1.54, 1.807) is 7.11 Å². The van der Waals surface area contributed by atoms with Gasteiger partial charge in [-0.25, -0.2) is 4.98 Å². The molecule has 1 N–H and O–H groups in total. The number of rotatable bonds is 4. The Morgan fingerprint density at radius 2 is 2.17 bits per heavy atom. The molecule has 5 nitrogen and oxygen atoms in total. The van der Waals surface area contributed by atoms with E-state index in [9.17, 15) is 0 Å². The molecule has 5 heteroatoms. The van der Waals surface area contributed by atoms with Crippen molar-refractivity contribution >= 4 is 11.8 Å². The van der Waals surface area contributed by atoms with E-state index in [1.165, 1.54) is 0 Å². The molecule has 1 aromatic rings. The Morgan fingerprint density at radius 1 is 1.44 bits per heavy atom. The number of piperidine rings is 1. The van der Waals surface area contributed by atoms with Crippen molar-refractivity contribution in [3.05, 3.63) is 11.8 Å². The van der Waals surface area contributed by atoms with Gasteiger partial charge in [0, 0.05) is 38.5 Å². The van der Waals surface area contributed by atoms with Crippen molar-refractivity contribution in [2.75, 3.05) is 37.0 Å². The SMILES string of the molecule is CCNc1ncc(C)c(N2CCC(OC)CC2)n1. The Balaban J connectivity index is 2.10. The zero-order chi connectivity index (χ0) is 13.0. The van der Waals surface area contributed by atoms with Crippen LogP contribution in [0.1, 0.15) is 25.3 Å². The van der Waals surface area contributed by atoms with Crippen LogP contribution in [0.2, 0.25) is 0 Å². The lowest BCUT2D eigenvalue weighted by atomic mass is 10.1. The quantitative estimate of drug-likeness (QED) is 0.883. The Kier molecular flexibility index (Phi) is 4.36. The van der Waals surface area contributed by atoms with Gasteiger partial charge >= 0.3 is 0 Å². The van der Waals surface area contributed by atoms with Gasteiger partial charge in [0.2, 0.25) is 5.95 Å². The molecule has 0 saturated carbocycles. The molecule has 0 radical (unpaired) electrons. The number of hydrogen-bond acceptors (Lipinski definition) is 5. The van der Waals surface area contributed by atoms with Crippen LogP contribution in [0, 0.1) is 6.92 Å². The smallest absolute Gasteiger partial charge is 0.224 e. The number of methoxy groups -OCH3 is 1. The van der Waals surface area contributed by atoms with Gasteiger partial charge in [-0.3, -0.25) is 0 Å². The fourth-order valence-corrected chi connectivity index (χ4v) is 2.30. The highest BCUT2D eigenvalue weighted by atomic mass is 16.5. The Morgan fingerprint density at radius 3 is 2.78 bits per heavy atom. The lowest BCUT2D eigenvalue weighted by Crippen LogP contribution is -2.37. The topological polar surface area (TPSA) is 50.3 Å². The van der Waals surface area contributed by atoms with Gasteiger partial charge in [0.05, 0.1) is 6.10 Å². The molecule has 18 heavy (non-hydrogen) atoms. The summed E-state index contributed by atoms with van der Waals surface area (Å²) in [6.45, 7) is 6.96. The number of anilines is 2. The first-order valence-corrected chi connectivity index (χ1v) is 6.59. The van der Waals surface area contributed by atoms with Gasteiger partial charge in [0.1, 0.15) is 5.82 Å². The summed E-state index contributed by atoms with van der Waals surface area (Å²) in [5, 5.41) is 3.16. The number of ether oxygens (including phenoxy) is 1. The second-order valence-corrected chi connectivity index (χ2v) is 4.65. The third-order valence-corrected chi connectivity index (χ3v) is 3.35. The van der Waals surface area contributed by atoms with E-state index in [0.717, 1.165) is 43.9 Å². The highest BCUT2D eigenvalue weighted by molar-refractivity contribution is 5.49. The summed E-state index contributed by atoms with van der Waals surface area (Å²) in [5.74, 6) is 1.77. The van der Waals surface area contributed by atoms with E-state index >= 15 is 0 Å². The summed E-state index contributed by atoms with van der Waals surface area (Å²) in [4.78, 5) is 11.2. The maximum Gasteiger partial charge on any atom is 0.224 e. The van der Waals surface area contributed by atoms with E-state index in [-0.39, 0.29) is 0 Å². The zero-order valence-electron chi connectivity index (χ0n) is 11.4. The van der Waals surface area contributed by atoms with Crippen molar-refractivity contribution in [3.63, 3.8) is 0 Å². The van der Waals surface area contributed by atoms with Crippen LogP contribution in [0.15, 0.2) is 6.20 Å². The molecule has 1 fully saturated rings. The van der Waals surface area contributed by atoms with Crippen LogP contribution in [0.4, 0.5) is 11.8 Å². The van der Waals surface area contributed by atoms with Crippen LogP contribution in [0.25, 0.3) is 0 Å². The van der Waals surface area contributed by atoms with E-state index in [2.05, 4.69) is 27.1 Å². The van der Waals surface area contributed by atoms with E-state index in [1.807, 2.05) is 13.1 Å².